The van der Waals surface area contributed by atoms with Crippen molar-refractivity contribution in [3.8, 4) is 11.5 Å². The van der Waals surface area contributed by atoms with E-state index in [-0.39, 0.29) is 23.2 Å². The first-order valence-electron chi connectivity index (χ1n) is 5.89. The summed E-state index contributed by atoms with van der Waals surface area (Å²) in [5, 5.41) is 11.3. The highest BCUT2D eigenvalue weighted by molar-refractivity contribution is 7.91. The van der Waals surface area contributed by atoms with Gasteiger partial charge >= 0.3 is 5.69 Å². The van der Waals surface area contributed by atoms with Crippen molar-refractivity contribution < 1.29 is 22.8 Å². The van der Waals surface area contributed by atoms with Gasteiger partial charge in [0.2, 0.25) is 22.4 Å². The Morgan fingerprint density at radius 3 is 2.43 bits per heavy atom. The maximum Gasteiger partial charge on any atom is 0.333 e. The summed E-state index contributed by atoms with van der Waals surface area (Å²) in [4.78, 5) is 10.1. The number of nitrogens with zero attached hydrogens (tertiary/aromatic N) is 1. The molecule has 1 aliphatic heterocycles. The summed E-state index contributed by atoms with van der Waals surface area (Å²) in [5.41, 5.74) is -0.603. The largest absolute Gasteiger partial charge is 0.453 e. The molecule has 21 heavy (non-hydrogen) atoms. The van der Waals surface area contributed by atoms with Crippen LogP contribution >= 0.6 is 0 Å². The monoisotopic (exact) mass is 307 g/mol. The van der Waals surface area contributed by atoms with Crippen molar-refractivity contribution in [1.82, 2.24) is 0 Å². The summed E-state index contributed by atoms with van der Waals surface area (Å²) in [5.74, 6) is 0.00529. The van der Waals surface area contributed by atoms with Crippen molar-refractivity contribution in [2.24, 2.45) is 0 Å². The minimum Gasteiger partial charge on any atom is -0.453 e. The molecule has 7 nitrogen and oxygen atoms in total. The Morgan fingerprint density at radius 2 is 1.76 bits per heavy atom. The molecule has 2 aromatic carbocycles. The van der Waals surface area contributed by atoms with E-state index in [1.165, 1.54) is 18.2 Å². The van der Waals surface area contributed by atoms with E-state index in [0.717, 1.165) is 6.07 Å². The van der Waals surface area contributed by atoms with Gasteiger partial charge in [-0.25, -0.2) is 8.42 Å². The highest BCUT2D eigenvalue weighted by Crippen LogP contribution is 2.45. The van der Waals surface area contributed by atoms with Crippen molar-refractivity contribution >= 4 is 15.5 Å². The summed E-state index contributed by atoms with van der Waals surface area (Å²) in [6, 6.07) is 10.0. The number of fused-ring (bicyclic) bond motifs is 1. The third-order valence-corrected chi connectivity index (χ3v) is 4.80. The van der Waals surface area contributed by atoms with Crippen LogP contribution < -0.4 is 9.47 Å². The zero-order valence-electron chi connectivity index (χ0n) is 10.6. The average Bonchev–Trinajstić information content (AvgIpc) is 2.95. The van der Waals surface area contributed by atoms with E-state index < -0.39 is 25.3 Å². The van der Waals surface area contributed by atoms with Crippen molar-refractivity contribution in [3.05, 3.63) is 52.6 Å². The first-order valence-corrected chi connectivity index (χ1v) is 7.37. The average molecular weight is 307 g/mol. The highest BCUT2D eigenvalue weighted by atomic mass is 32.2. The molecule has 0 bridgehead atoms. The molecule has 3 rings (SSSR count). The number of rotatable bonds is 3. The Hall–Kier alpha value is -2.61. The van der Waals surface area contributed by atoms with Crippen LogP contribution in [0.4, 0.5) is 5.69 Å². The molecule has 1 aliphatic rings. The highest BCUT2D eigenvalue weighted by Gasteiger charge is 2.35. The van der Waals surface area contributed by atoms with Crippen molar-refractivity contribution in [3.63, 3.8) is 0 Å². The first-order chi connectivity index (χ1) is 10.0. The molecule has 1 heterocycles. The van der Waals surface area contributed by atoms with E-state index in [1.54, 1.807) is 18.2 Å². The van der Waals surface area contributed by atoms with Gasteiger partial charge in [-0.2, -0.15) is 0 Å². The summed E-state index contributed by atoms with van der Waals surface area (Å²) in [6.07, 6.45) is 0. The van der Waals surface area contributed by atoms with Crippen LogP contribution in [-0.4, -0.2) is 20.1 Å². The van der Waals surface area contributed by atoms with Gasteiger partial charge in [-0.1, -0.05) is 18.2 Å². The molecule has 8 heteroatoms. The quantitative estimate of drug-likeness (QED) is 0.637. The van der Waals surface area contributed by atoms with Crippen molar-refractivity contribution in [2.75, 3.05) is 6.79 Å². The lowest BCUT2D eigenvalue weighted by atomic mass is 10.3. The van der Waals surface area contributed by atoms with Gasteiger partial charge in [-0.05, 0) is 24.3 Å². The van der Waals surface area contributed by atoms with Gasteiger partial charge in [0.05, 0.1) is 9.82 Å². The lowest BCUT2D eigenvalue weighted by Gasteiger charge is -2.07. The van der Waals surface area contributed by atoms with Crippen LogP contribution in [0.3, 0.4) is 0 Å². The predicted molar refractivity (Wildman–Crippen MR) is 71.1 cm³/mol. The van der Waals surface area contributed by atoms with E-state index in [0.29, 0.717) is 0 Å². The van der Waals surface area contributed by atoms with Crippen LogP contribution in [0.1, 0.15) is 0 Å². The standard InChI is InChI=1S/C13H9NO6S/c15-14(16)12-11(7-6-10-13(12)20-8-19-10)21(17,18)9-4-2-1-3-5-9/h1-7H,8H2. The van der Waals surface area contributed by atoms with E-state index in [9.17, 15) is 18.5 Å². The third kappa shape index (κ3) is 2.09. The lowest BCUT2D eigenvalue weighted by Crippen LogP contribution is -2.06. The van der Waals surface area contributed by atoms with E-state index in [2.05, 4.69) is 0 Å². The molecule has 0 atom stereocenters. The molecule has 108 valence electrons. The maximum absolute atomic E-state index is 12.6. The number of sulfone groups is 1. The van der Waals surface area contributed by atoms with Gasteiger partial charge in [-0.3, -0.25) is 10.1 Å². The molecule has 0 aliphatic carbocycles. The second-order valence-corrected chi connectivity index (χ2v) is 6.14. The number of nitro groups is 1. The second kappa shape index (κ2) is 4.74. The number of hydrogen-bond acceptors (Lipinski definition) is 6. The maximum atomic E-state index is 12.6. The Bertz CT molecular complexity index is 816. The van der Waals surface area contributed by atoms with Gasteiger partial charge < -0.3 is 9.47 Å². The fourth-order valence-electron chi connectivity index (χ4n) is 2.06. The van der Waals surface area contributed by atoms with Crippen LogP contribution in [0.5, 0.6) is 11.5 Å². The number of hydrogen-bond donors (Lipinski definition) is 0. The SMILES string of the molecule is O=[N+]([O-])c1c(S(=O)(=O)c2ccccc2)ccc2c1OCO2. The van der Waals surface area contributed by atoms with Crippen LogP contribution in [0.15, 0.2) is 52.3 Å². The topological polar surface area (TPSA) is 95.7 Å². The normalized spacial score (nSPS) is 13.1. The predicted octanol–water partition coefficient (Wildman–Crippen LogP) is 2.16. The third-order valence-electron chi connectivity index (χ3n) is 3.00. The molecule has 0 saturated carbocycles. The Morgan fingerprint density at radius 1 is 1.05 bits per heavy atom. The minimum atomic E-state index is -4.01. The second-order valence-electron chi connectivity index (χ2n) is 4.22. The van der Waals surface area contributed by atoms with E-state index in [1.807, 2.05) is 0 Å². The number of ether oxygens (including phenoxy) is 2. The lowest BCUT2D eigenvalue weighted by molar-refractivity contribution is -0.388. The van der Waals surface area contributed by atoms with Crippen LogP contribution in [0.25, 0.3) is 0 Å². The molecule has 0 saturated heterocycles. The van der Waals surface area contributed by atoms with Crippen LogP contribution in [0.2, 0.25) is 0 Å². The Balaban J connectivity index is 2.27. The molecular weight excluding hydrogens is 298 g/mol. The number of benzene rings is 2. The molecule has 0 spiro atoms. The van der Waals surface area contributed by atoms with Crippen LogP contribution in [-0.2, 0) is 9.84 Å². The van der Waals surface area contributed by atoms with Gasteiger partial charge in [0.15, 0.2) is 10.6 Å². The fourth-order valence-corrected chi connectivity index (χ4v) is 3.49. The molecule has 0 N–H and O–H groups in total. The molecule has 2 aromatic rings. The zero-order chi connectivity index (χ0) is 15.0. The molecule has 0 radical (unpaired) electrons. The summed E-state index contributed by atoms with van der Waals surface area (Å²) in [6.45, 7) is -0.176. The van der Waals surface area contributed by atoms with Crippen molar-refractivity contribution in [1.29, 1.82) is 0 Å². The van der Waals surface area contributed by atoms with Gasteiger partial charge in [0.25, 0.3) is 0 Å². The molecule has 0 amide bonds. The fraction of sp³-hybridized carbons (Fsp3) is 0.0769. The Kier molecular flexibility index (Phi) is 3.02. The van der Waals surface area contributed by atoms with Gasteiger partial charge in [-0.15, -0.1) is 0 Å². The van der Waals surface area contributed by atoms with Crippen molar-refractivity contribution in [2.45, 2.75) is 9.79 Å². The zero-order valence-corrected chi connectivity index (χ0v) is 11.4. The Labute approximate surface area is 119 Å². The van der Waals surface area contributed by atoms with Crippen LogP contribution in [0, 0.1) is 10.1 Å². The summed E-state index contributed by atoms with van der Waals surface area (Å²) >= 11 is 0. The number of nitro benzene ring substituents is 1. The minimum absolute atomic E-state index is 0.0213. The molecule has 0 fully saturated rings. The van der Waals surface area contributed by atoms with Gasteiger partial charge in [0, 0.05) is 0 Å². The molecular formula is C13H9NO6S. The van der Waals surface area contributed by atoms with E-state index in [4.69, 9.17) is 9.47 Å². The molecule has 0 aromatic heterocycles. The summed E-state index contributed by atoms with van der Waals surface area (Å²) in [7, 11) is -4.01. The van der Waals surface area contributed by atoms with Gasteiger partial charge in [0.1, 0.15) is 0 Å². The smallest absolute Gasteiger partial charge is 0.333 e. The summed E-state index contributed by atoms with van der Waals surface area (Å²) < 4.78 is 35.2. The first kappa shape index (κ1) is 13.4. The van der Waals surface area contributed by atoms with E-state index >= 15 is 0 Å². The molecule has 0 unspecified atom stereocenters.